The van der Waals surface area contributed by atoms with Crippen molar-refractivity contribution in [2.75, 3.05) is 13.1 Å². The molecule has 3 heterocycles. The highest BCUT2D eigenvalue weighted by Gasteiger charge is 2.17. The van der Waals surface area contributed by atoms with Crippen molar-refractivity contribution in [1.29, 1.82) is 0 Å². The second-order valence-corrected chi connectivity index (χ2v) is 6.00. The van der Waals surface area contributed by atoms with E-state index in [1.807, 2.05) is 24.4 Å². The zero-order valence-electron chi connectivity index (χ0n) is 12.0. The fourth-order valence-corrected chi connectivity index (χ4v) is 2.74. The highest BCUT2D eigenvalue weighted by Crippen LogP contribution is 2.19. The lowest BCUT2D eigenvalue weighted by Gasteiger charge is -2.29. The van der Waals surface area contributed by atoms with E-state index < -0.39 is 0 Å². The van der Waals surface area contributed by atoms with E-state index in [0.29, 0.717) is 5.15 Å². The summed E-state index contributed by atoms with van der Waals surface area (Å²) >= 11 is 12.1. The molecule has 0 saturated heterocycles. The Morgan fingerprint density at radius 3 is 2.82 bits per heavy atom. The summed E-state index contributed by atoms with van der Waals surface area (Å²) in [6, 6.07) is 5.62. The zero-order valence-corrected chi connectivity index (χ0v) is 13.6. The van der Waals surface area contributed by atoms with E-state index in [2.05, 4.69) is 19.9 Å². The Morgan fingerprint density at radius 2 is 2.05 bits per heavy atom. The first-order valence-electron chi connectivity index (χ1n) is 7.19. The molecule has 1 aliphatic rings. The lowest BCUT2D eigenvalue weighted by molar-refractivity contribution is 0.381. The quantitative estimate of drug-likeness (QED) is 0.801. The number of aromatic nitrogens is 2. The van der Waals surface area contributed by atoms with Crippen molar-refractivity contribution in [3.05, 3.63) is 58.1 Å². The van der Waals surface area contributed by atoms with E-state index in [0.717, 1.165) is 54.5 Å². The van der Waals surface area contributed by atoms with Gasteiger partial charge in [0.05, 0.1) is 0 Å². The van der Waals surface area contributed by atoms with Crippen LogP contribution in [0, 0.1) is 0 Å². The van der Waals surface area contributed by atoms with E-state index in [-0.39, 0.29) is 0 Å². The molecule has 22 heavy (non-hydrogen) atoms. The first kappa shape index (κ1) is 15.3. The van der Waals surface area contributed by atoms with Crippen LogP contribution in [0.3, 0.4) is 0 Å². The van der Waals surface area contributed by atoms with E-state index in [4.69, 9.17) is 23.2 Å². The molecule has 2 aromatic rings. The average Bonchev–Trinajstić information content (AvgIpc) is 2.53. The molecule has 1 aliphatic heterocycles. The minimum Gasteiger partial charge on any atom is -0.356 e. The Hall–Kier alpha value is -1.65. The van der Waals surface area contributed by atoms with Crippen LogP contribution in [0.5, 0.6) is 0 Å². The van der Waals surface area contributed by atoms with Gasteiger partial charge in [0.2, 0.25) is 0 Å². The number of nitrogens with zero attached hydrogens (tertiary/aromatic N) is 4. The van der Waals surface area contributed by atoms with Crippen LogP contribution in [0.2, 0.25) is 10.2 Å². The third-order valence-corrected chi connectivity index (χ3v) is 4.19. The van der Waals surface area contributed by atoms with E-state index in [1.54, 1.807) is 12.4 Å². The topological polar surface area (TPSA) is 41.4 Å². The summed E-state index contributed by atoms with van der Waals surface area (Å²) in [7, 11) is 0. The molecule has 0 unspecified atom stereocenters. The lowest BCUT2D eigenvalue weighted by Crippen LogP contribution is -2.36. The van der Waals surface area contributed by atoms with Crippen molar-refractivity contribution in [3.63, 3.8) is 0 Å². The van der Waals surface area contributed by atoms with Gasteiger partial charge < -0.3 is 4.90 Å². The summed E-state index contributed by atoms with van der Waals surface area (Å²) in [5.41, 5.74) is 2.13. The van der Waals surface area contributed by atoms with Crippen LogP contribution in [-0.2, 0) is 13.0 Å². The van der Waals surface area contributed by atoms with Gasteiger partial charge >= 0.3 is 0 Å². The number of hydrogen-bond donors (Lipinski definition) is 0. The van der Waals surface area contributed by atoms with Crippen molar-refractivity contribution in [2.24, 2.45) is 4.99 Å². The summed E-state index contributed by atoms with van der Waals surface area (Å²) in [4.78, 5) is 15.2. The Bertz CT molecular complexity index is 670. The smallest absolute Gasteiger partial charge is 0.129 e. The molecule has 0 aromatic carbocycles. The van der Waals surface area contributed by atoms with E-state index in [1.165, 1.54) is 0 Å². The molecule has 0 N–H and O–H groups in total. The Balaban J connectivity index is 1.75. The second-order valence-electron chi connectivity index (χ2n) is 5.21. The molecule has 3 rings (SSSR count). The molecule has 0 spiro atoms. The molecule has 114 valence electrons. The Kier molecular flexibility index (Phi) is 4.90. The highest BCUT2D eigenvalue weighted by molar-refractivity contribution is 6.31. The minimum absolute atomic E-state index is 0.508. The standard InChI is InChI=1S/C16H16Cl2N4/c17-14-4-6-19-10-13(14)11-22-7-1-5-20-16(22)8-12-2-3-15(18)21-9-12/h2-4,6,9-10H,1,5,7-8,11H2. The van der Waals surface area contributed by atoms with Gasteiger partial charge in [-0.2, -0.15) is 0 Å². The average molecular weight is 335 g/mol. The molecule has 0 saturated carbocycles. The number of amidine groups is 1. The molecule has 0 atom stereocenters. The van der Waals surface area contributed by atoms with Crippen LogP contribution >= 0.6 is 23.2 Å². The second kappa shape index (κ2) is 7.07. The van der Waals surface area contributed by atoms with Gasteiger partial charge in [-0.1, -0.05) is 29.3 Å². The van der Waals surface area contributed by atoms with Gasteiger partial charge in [-0.15, -0.1) is 0 Å². The maximum atomic E-state index is 6.24. The van der Waals surface area contributed by atoms with Gasteiger partial charge in [-0.3, -0.25) is 9.98 Å². The SMILES string of the molecule is Clc1ccc(CC2=NCCCN2Cc2cnccc2Cl)cn1. The summed E-state index contributed by atoms with van der Waals surface area (Å²) < 4.78 is 0. The van der Waals surface area contributed by atoms with Crippen LogP contribution in [0.25, 0.3) is 0 Å². The number of halogens is 2. The number of aliphatic imine (C=N–C) groups is 1. The highest BCUT2D eigenvalue weighted by atomic mass is 35.5. The van der Waals surface area contributed by atoms with Gasteiger partial charge in [0.1, 0.15) is 11.0 Å². The zero-order chi connectivity index (χ0) is 15.4. The maximum Gasteiger partial charge on any atom is 0.129 e. The summed E-state index contributed by atoms with van der Waals surface area (Å²) in [5, 5.41) is 1.25. The van der Waals surface area contributed by atoms with Crippen LogP contribution in [-0.4, -0.2) is 33.8 Å². The van der Waals surface area contributed by atoms with Crippen molar-refractivity contribution < 1.29 is 0 Å². The molecule has 0 aliphatic carbocycles. The molecule has 6 heteroatoms. The summed E-state index contributed by atoms with van der Waals surface area (Å²) in [6.07, 6.45) is 7.13. The van der Waals surface area contributed by atoms with Gasteiger partial charge in [0, 0.05) is 55.2 Å². The largest absolute Gasteiger partial charge is 0.356 e. The monoisotopic (exact) mass is 334 g/mol. The molecule has 4 nitrogen and oxygen atoms in total. The maximum absolute atomic E-state index is 6.24. The predicted octanol–water partition coefficient (Wildman–Crippen LogP) is 3.63. The van der Waals surface area contributed by atoms with Gasteiger partial charge in [-0.05, 0) is 24.1 Å². The molecule has 0 radical (unpaired) electrons. The normalized spacial score (nSPS) is 14.8. The van der Waals surface area contributed by atoms with Crippen molar-refractivity contribution in [3.8, 4) is 0 Å². The minimum atomic E-state index is 0.508. The molecule has 2 aromatic heterocycles. The van der Waals surface area contributed by atoms with E-state index >= 15 is 0 Å². The fraction of sp³-hybridized carbons (Fsp3) is 0.312. The van der Waals surface area contributed by atoms with Gasteiger partial charge in [-0.25, -0.2) is 4.98 Å². The van der Waals surface area contributed by atoms with Gasteiger partial charge in [0.15, 0.2) is 0 Å². The third kappa shape index (κ3) is 3.76. The van der Waals surface area contributed by atoms with Crippen LogP contribution in [0.15, 0.2) is 41.8 Å². The molecular weight excluding hydrogens is 319 g/mol. The van der Waals surface area contributed by atoms with Crippen LogP contribution < -0.4 is 0 Å². The third-order valence-electron chi connectivity index (χ3n) is 3.60. The van der Waals surface area contributed by atoms with Gasteiger partial charge in [0.25, 0.3) is 0 Å². The van der Waals surface area contributed by atoms with Crippen LogP contribution in [0.4, 0.5) is 0 Å². The van der Waals surface area contributed by atoms with Crippen molar-refractivity contribution >= 4 is 29.0 Å². The molecule has 0 bridgehead atoms. The predicted molar refractivity (Wildman–Crippen MR) is 89.5 cm³/mol. The lowest BCUT2D eigenvalue weighted by atomic mass is 10.1. The fourth-order valence-electron chi connectivity index (χ4n) is 2.46. The Morgan fingerprint density at radius 1 is 1.14 bits per heavy atom. The first-order chi connectivity index (χ1) is 10.7. The van der Waals surface area contributed by atoms with E-state index in [9.17, 15) is 0 Å². The first-order valence-corrected chi connectivity index (χ1v) is 7.95. The summed E-state index contributed by atoms with van der Waals surface area (Å²) in [5.74, 6) is 1.07. The Labute approximate surface area is 139 Å². The number of pyridine rings is 2. The van der Waals surface area contributed by atoms with Crippen molar-refractivity contribution in [2.45, 2.75) is 19.4 Å². The van der Waals surface area contributed by atoms with Crippen LogP contribution in [0.1, 0.15) is 17.5 Å². The molecular formula is C16H16Cl2N4. The summed E-state index contributed by atoms with van der Waals surface area (Å²) in [6.45, 7) is 2.57. The number of rotatable bonds is 4. The molecule has 0 fully saturated rings. The number of hydrogen-bond acceptors (Lipinski definition) is 4. The van der Waals surface area contributed by atoms with Crippen molar-refractivity contribution in [1.82, 2.24) is 14.9 Å². The molecule has 0 amide bonds.